The van der Waals surface area contributed by atoms with E-state index in [0.29, 0.717) is 46.7 Å². The van der Waals surface area contributed by atoms with Crippen molar-refractivity contribution in [2.45, 2.75) is 6.42 Å². The lowest BCUT2D eigenvalue weighted by Crippen LogP contribution is -2.44. The van der Waals surface area contributed by atoms with Crippen molar-refractivity contribution < 1.29 is 9.18 Å². The predicted octanol–water partition coefficient (Wildman–Crippen LogP) is 3.86. The van der Waals surface area contributed by atoms with Crippen LogP contribution in [0.4, 0.5) is 21.7 Å². The van der Waals surface area contributed by atoms with Crippen LogP contribution in [0, 0.1) is 5.82 Å². The lowest BCUT2D eigenvalue weighted by molar-refractivity contribution is -0.116. The Morgan fingerprint density at radius 3 is 2.78 bits per heavy atom. The number of hydrogen-bond donors (Lipinski definition) is 3. The monoisotopic (exact) mass is 506 g/mol. The van der Waals surface area contributed by atoms with Gasteiger partial charge in [-0.3, -0.25) is 4.79 Å². The Hall–Kier alpha value is -3.73. The van der Waals surface area contributed by atoms with Crippen LogP contribution in [0.2, 0.25) is 5.02 Å². The molecule has 1 amide bonds. The number of carbonyl (C=O) groups excluding carboxylic acids is 1. The van der Waals surface area contributed by atoms with E-state index in [4.69, 9.17) is 11.6 Å². The molecule has 11 heteroatoms. The summed E-state index contributed by atoms with van der Waals surface area (Å²) in [7, 11) is 0. The van der Waals surface area contributed by atoms with Crippen LogP contribution in [0.15, 0.2) is 55.0 Å². The van der Waals surface area contributed by atoms with Gasteiger partial charge >= 0.3 is 0 Å². The van der Waals surface area contributed by atoms with Crippen molar-refractivity contribution >= 4 is 45.9 Å². The van der Waals surface area contributed by atoms with Crippen molar-refractivity contribution in [3.8, 4) is 11.3 Å². The van der Waals surface area contributed by atoms with E-state index >= 15 is 0 Å². The van der Waals surface area contributed by atoms with Gasteiger partial charge in [0.1, 0.15) is 23.8 Å². The molecule has 0 unspecified atom stereocenters. The highest BCUT2D eigenvalue weighted by molar-refractivity contribution is 6.30. The van der Waals surface area contributed by atoms with Gasteiger partial charge < -0.3 is 20.9 Å². The van der Waals surface area contributed by atoms with E-state index in [9.17, 15) is 9.18 Å². The molecule has 9 nitrogen and oxygen atoms in total. The second-order valence-corrected chi connectivity index (χ2v) is 8.79. The molecule has 0 spiro atoms. The normalized spacial score (nSPS) is 14.1. The van der Waals surface area contributed by atoms with Gasteiger partial charge in [-0.2, -0.15) is 0 Å². The van der Waals surface area contributed by atoms with E-state index in [0.717, 1.165) is 31.6 Å². The summed E-state index contributed by atoms with van der Waals surface area (Å²) >= 11 is 6.10. The molecule has 4 heterocycles. The van der Waals surface area contributed by atoms with E-state index in [1.807, 2.05) is 6.07 Å². The highest BCUT2D eigenvalue weighted by atomic mass is 35.5. The molecule has 0 radical (unpaired) electrons. The fraction of sp³-hybridized carbons (Fsp3) is 0.240. The summed E-state index contributed by atoms with van der Waals surface area (Å²) in [6.07, 6.45) is 3.37. The summed E-state index contributed by atoms with van der Waals surface area (Å²) < 4.78 is 14.6. The van der Waals surface area contributed by atoms with Crippen LogP contribution in [-0.2, 0) is 4.79 Å². The SMILES string of the molecule is O=C(CCN1CCNCC1)Nc1cc(Nc2cc(-c3cc(Cl)ccc3F)nc3ncccc23)ncn1. The van der Waals surface area contributed by atoms with Crippen molar-refractivity contribution in [2.75, 3.05) is 43.4 Å². The number of nitrogens with one attached hydrogen (secondary N) is 3. The Morgan fingerprint density at radius 2 is 1.92 bits per heavy atom. The van der Waals surface area contributed by atoms with Gasteiger partial charge in [-0.25, -0.2) is 24.3 Å². The summed E-state index contributed by atoms with van der Waals surface area (Å²) in [5.41, 5.74) is 1.70. The lowest BCUT2D eigenvalue weighted by atomic mass is 10.1. The van der Waals surface area contributed by atoms with E-state index in [1.54, 1.807) is 24.4 Å². The fourth-order valence-corrected chi connectivity index (χ4v) is 4.20. The first kappa shape index (κ1) is 24.0. The number of carbonyl (C=O) groups is 1. The summed E-state index contributed by atoms with van der Waals surface area (Å²) in [4.78, 5) is 32.0. The third kappa shape index (κ3) is 5.73. The van der Waals surface area contributed by atoms with Gasteiger partial charge in [0, 0.05) is 67.4 Å². The van der Waals surface area contributed by atoms with Crippen molar-refractivity contribution in [2.24, 2.45) is 0 Å². The number of benzene rings is 1. The number of halogens is 2. The summed E-state index contributed by atoms with van der Waals surface area (Å²) in [5, 5.41) is 10.5. The first-order chi connectivity index (χ1) is 17.5. The van der Waals surface area contributed by atoms with E-state index in [2.05, 4.69) is 40.8 Å². The molecule has 1 aliphatic heterocycles. The van der Waals surface area contributed by atoms with Crippen molar-refractivity contribution in [3.05, 3.63) is 65.8 Å². The highest BCUT2D eigenvalue weighted by Gasteiger charge is 2.15. The molecule has 1 aromatic carbocycles. The van der Waals surface area contributed by atoms with Gasteiger partial charge in [0.25, 0.3) is 0 Å². The molecule has 1 aliphatic rings. The zero-order chi connectivity index (χ0) is 24.9. The Balaban J connectivity index is 1.36. The number of fused-ring (bicyclic) bond motifs is 1. The second kappa shape index (κ2) is 10.9. The van der Waals surface area contributed by atoms with E-state index < -0.39 is 5.82 Å². The number of piperazine rings is 1. The van der Waals surface area contributed by atoms with Gasteiger partial charge in [-0.05, 0) is 36.4 Å². The quantitative estimate of drug-likeness (QED) is 0.347. The van der Waals surface area contributed by atoms with E-state index in [1.165, 1.54) is 24.5 Å². The lowest BCUT2D eigenvalue weighted by Gasteiger charge is -2.26. The Morgan fingerprint density at radius 1 is 1.08 bits per heavy atom. The summed E-state index contributed by atoms with van der Waals surface area (Å²) in [6.45, 7) is 4.44. The fourth-order valence-electron chi connectivity index (χ4n) is 4.02. The predicted molar refractivity (Wildman–Crippen MR) is 138 cm³/mol. The maximum absolute atomic E-state index is 14.6. The summed E-state index contributed by atoms with van der Waals surface area (Å²) in [5.74, 6) is 0.281. The average Bonchev–Trinajstić information content (AvgIpc) is 2.89. The Bertz CT molecular complexity index is 1400. The molecule has 4 aromatic rings. The van der Waals surface area contributed by atoms with Crippen LogP contribution in [0.1, 0.15) is 6.42 Å². The number of anilines is 3. The smallest absolute Gasteiger partial charge is 0.226 e. The molecule has 1 saturated heterocycles. The third-order valence-corrected chi connectivity index (χ3v) is 6.09. The van der Waals surface area contributed by atoms with Gasteiger partial charge in [-0.1, -0.05) is 11.6 Å². The standard InChI is InChI=1S/C25H24ClFN8O/c26-16-3-4-19(27)18(12-16)21-13-20(17-2-1-6-29-25(17)33-21)32-22-14-23(31-15-30-22)34-24(36)5-9-35-10-7-28-8-11-35/h1-4,6,12-15,28H,5,7-11H2,(H2,29,30,31,32,33,34,36). The molecule has 0 atom stereocenters. The number of amides is 1. The van der Waals surface area contributed by atoms with Crippen LogP contribution >= 0.6 is 11.6 Å². The molecule has 5 rings (SSSR count). The number of hydrogen-bond acceptors (Lipinski definition) is 8. The molecule has 0 bridgehead atoms. The minimum absolute atomic E-state index is 0.115. The van der Waals surface area contributed by atoms with Gasteiger partial charge in [0.15, 0.2) is 5.65 Å². The molecule has 36 heavy (non-hydrogen) atoms. The molecule has 1 fully saturated rings. The molecule has 0 aliphatic carbocycles. The van der Waals surface area contributed by atoms with Crippen LogP contribution in [-0.4, -0.2) is 63.5 Å². The Labute approximate surface area is 212 Å². The second-order valence-electron chi connectivity index (χ2n) is 8.36. The molecule has 184 valence electrons. The van der Waals surface area contributed by atoms with Gasteiger partial charge in [-0.15, -0.1) is 0 Å². The van der Waals surface area contributed by atoms with Crippen LogP contribution in [0.5, 0.6) is 0 Å². The van der Waals surface area contributed by atoms with Crippen LogP contribution in [0.25, 0.3) is 22.3 Å². The molecule has 3 aromatic heterocycles. The average molecular weight is 507 g/mol. The highest BCUT2D eigenvalue weighted by Crippen LogP contribution is 2.31. The van der Waals surface area contributed by atoms with Gasteiger partial charge in [0.05, 0.1) is 11.4 Å². The minimum atomic E-state index is -0.444. The van der Waals surface area contributed by atoms with Crippen molar-refractivity contribution in [3.63, 3.8) is 0 Å². The largest absolute Gasteiger partial charge is 0.339 e. The van der Waals surface area contributed by atoms with Crippen molar-refractivity contribution in [1.29, 1.82) is 0 Å². The minimum Gasteiger partial charge on any atom is -0.339 e. The zero-order valence-corrected chi connectivity index (χ0v) is 20.1. The number of nitrogens with zero attached hydrogens (tertiary/aromatic N) is 5. The number of pyridine rings is 2. The molecular weight excluding hydrogens is 483 g/mol. The molecule has 0 saturated carbocycles. The topological polar surface area (TPSA) is 108 Å². The first-order valence-corrected chi connectivity index (χ1v) is 12.0. The van der Waals surface area contributed by atoms with E-state index in [-0.39, 0.29) is 11.5 Å². The number of aromatic nitrogens is 4. The van der Waals surface area contributed by atoms with Crippen LogP contribution in [0.3, 0.4) is 0 Å². The van der Waals surface area contributed by atoms with Crippen LogP contribution < -0.4 is 16.0 Å². The third-order valence-electron chi connectivity index (χ3n) is 5.85. The summed E-state index contributed by atoms with van der Waals surface area (Å²) in [6, 6.07) is 11.3. The maximum atomic E-state index is 14.6. The maximum Gasteiger partial charge on any atom is 0.226 e. The number of rotatable bonds is 7. The zero-order valence-electron chi connectivity index (χ0n) is 19.3. The Kier molecular flexibility index (Phi) is 7.26. The first-order valence-electron chi connectivity index (χ1n) is 11.6. The van der Waals surface area contributed by atoms with Gasteiger partial charge in [0.2, 0.25) is 5.91 Å². The molecule has 3 N–H and O–H groups in total. The molecular formula is C25H24ClFN8O. The van der Waals surface area contributed by atoms with Crippen molar-refractivity contribution in [1.82, 2.24) is 30.2 Å².